The van der Waals surface area contributed by atoms with E-state index in [1.165, 1.54) is 0 Å². The molecule has 0 radical (unpaired) electrons. The van der Waals surface area contributed by atoms with Gasteiger partial charge in [-0.2, -0.15) is 0 Å². The zero-order valence-corrected chi connectivity index (χ0v) is 11.0. The molecule has 1 aromatic carbocycles. The molecule has 6 heteroatoms. The average molecular weight is 274 g/mol. The fourth-order valence-electron chi connectivity index (χ4n) is 1.97. The monoisotopic (exact) mass is 274 g/mol. The van der Waals surface area contributed by atoms with Crippen molar-refractivity contribution in [2.24, 2.45) is 0 Å². The van der Waals surface area contributed by atoms with E-state index < -0.39 is 0 Å². The molecule has 0 fully saturated rings. The second-order valence-corrected chi connectivity index (χ2v) is 4.53. The van der Waals surface area contributed by atoms with Crippen molar-refractivity contribution in [3.8, 4) is 11.5 Å². The quantitative estimate of drug-likeness (QED) is 0.918. The van der Waals surface area contributed by atoms with Crippen LogP contribution < -0.4 is 14.8 Å². The maximum Gasteiger partial charge on any atom is 0.289 e. The Bertz CT molecular complexity index is 636. The molecule has 0 atom stereocenters. The predicted octanol–water partition coefficient (Wildman–Crippen LogP) is 1.68. The molecule has 0 aliphatic carbocycles. The number of benzene rings is 1. The lowest BCUT2D eigenvalue weighted by Gasteiger charge is -2.04. The van der Waals surface area contributed by atoms with Crippen LogP contribution in [0.3, 0.4) is 0 Å². The molecular formula is C14H14N2O4. The Hall–Kier alpha value is -2.50. The molecule has 20 heavy (non-hydrogen) atoms. The molecule has 0 spiro atoms. The van der Waals surface area contributed by atoms with Crippen LogP contribution in [-0.4, -0.2) is 24.4 Å². The molecule has 6 nitrogen and oxygen atoms in total. The summed E-state index contributed by atoms with van der Waals surface area (Å²) in [5.41, 5.74) is 1.76. The van der Waals surface area contributed by atoms with Gasteiger partial charge in [-0.25, -0.2) is 0 Å². The number of rotatable bonds is 4. The van der Waals surface area contributed by atoms with Crippen molar-refractivity contribution in [1.29, 1.82) is 0 Å². The normalized spacial score (nSPS) is 12.4. The Balaban J connectivity index is 1.54. The summed E-state index contributed by atoms with van der Waals surface area (Å²) in [7, 11) is 0. The molecule has 2 aromatic rings. The third-order valence-electron chi connectivity index (χ3n) is 2.99. The lowest BCUT2D eigenvalue weighted by Crippen LogP contribution is -2.25. The van der Waals surface area contributed by atoms with Crippen LogP contribution in [0.5, 0.6) is 11.5 Å². The molecule has 2 heterocycles. The van der Waals surface area contributed by atoms with E-state index in [-0.39, 0.29) is 18.5 Å². The van der Waals surface area contributed by atoms with E-state index in [9.17, 15) is 4.79 Å². The summed E-state index contributed by atoms with van der Waals surface area (Å²) in [6.45, 7) is 2.55. The number of ether oxygens (including phenoxy) is 2. The van der Waals surface area contributed by atoms with Crippen molar-refractivity contribution >= 4 is 5.91 Å². The molecule has 0 saturated carbocycles. The van der Waals surface area contributed by atoms with Crippen molar-refractivity contribution in [1.82, 2.24) is 10.5 Å². The van der Waals surface area contributed by atoms with E-state index >= 15 is 0 Å². The van der Waals surface area contributed by atoms with Crippen molar-refractivity contribution in [2.75, 3.05) is 13.3 Å². The summed E-state index contributed by atoms with van der Waals surface area (Å²) in [5.74, 6) is 1.48. The van der Waals surface area contributed by atoms with Crippen molar-refractivity contribution in [3.05, 3.63) is 41.3 Å². The largest absolute Gasteiger partial charge is 0.454 e. The smallest absolute Gasteiger partial charge is 0.289 e. The average Bonchev–Trinajstić information content (AvgIpc) is 3.06. The number of hydrogen-bond donors (Lipinski definition) is 1. The lowest BCUT2D eigenvalue weighted by atomic mass is 10.1. The van der Waals surface area contributed by atoms with Gasteiger partial charge in [0.2, 0.25) is 12.6 Å². The molecule has 0 saturated heterocycles. The van der Waals surface area contributed by atoms with E-state index in [4.69, 9.17) is 14.0 Å². The second kappa shape index (κ2) is 5.24. The Morgan fingerprint density at radius 1 is 1.30 bits per heavy atom. The molecule has 3 rings (SSSR count). The minimum Gasteiger partial charge on any atom is -0.454 e. The van der Waals surface area contributed by atoms with E-state index in [1.807, 2.05) is 18.2 Å². The second-order valence-electron chi connectivity index (χ2n) is 4.53. The molecule has 0 unspecified atom stereocenters. The lowest BCUT2D eigenvalue weighted by molar-refractivity contribution is 0.0917. The predicted molar refractivity (Wildman–Crippen MR) is 69.8 cm³/mol. The first-order valence-electron chi connectivity index (χ1n) is 6.32. The fourth-order valence-corrected chi connectivity index (χ4v) is 1.97. The highest BCUT2D eigenvalue weighted by atomic mass is 16.7. The van der Waals surface area contributed by atoms with Crippen molar-refractivity contribution in [2.45, 2.75) is 13.3 Å². The minimum absolute atomic E-state index is 0.230. The third kappa shape index (κ3) is 2.59. The highest BCUT2D eigenvalue weighted by Gasteiger charge is 2.14. The SMILES string of the molecule is Cc1cc(C(=O)NCCc2ccc3c(c2)OCO3)on1. The molecule has 104 valence electrons. The summed E-state index contributed by atoms with van der Waals surface area (Å²) in [6.07, 6.45) is 0.704. The number of aromatic nitrogens is 1. The number of hydrogen-bond acceptors (Lipinski definition) is 5. The standard InChI is InChI=1S/C14H14N2O4/c1-9-6-13(20-16-9)14(17)15-5-4-10-2-3-11-12(7-10)19-8-18-11/h2-3,6-7H,4-5,8H2,1H3,(H,15,17). The zero-order chi connectivity index (χ0) is 13.9. The Morgan fingerprint density at radius 2 is 2.15 bits per heavy atom. The van der Waals surface area contributed by atoms with Gasteiger partial charge < -0.3 is 19.3 Å². The number of nitrogens with zero attached hydrogens (tertiary/aromatic N) is 1. The minimum atomic E-state index is -0.258. The third-order valence-corrected chi connectivity index (χ3v) is 2.99. The summed E-state index contributed by atoms with van der Waals surface area (Å²) in [5, 5.41) is 6.46. The van der Waals surface area contributed by atoms with Gasteiger partial charge >= 0.3 is 0 Å². The fraction of sp³-hybridized carbons (Fsp3) is 0.286. The Labute approximate surface area is 115 Å². The van der Waals surface area contributed by atoms with E-state index in [0.717, 1.165) is 17.1 Å². The van der Waals surface area contributed by atoms with Gasteiger partial charge in [-0.1, -0.05) is 11.2 Å². The zero-order valence-electron chi connectivity index (χ0n) is 11.0. The molecule has 1 amide bonds. The first-order valence-corrected chi connectivity index (χ1v) is 6.32. The molecule has 0 bridgehead atoms. The van der Waals surface area contributed by atoms with Crippen LogP contribution in [0.1, 0.15) is 21.8 Å². The molecule has 1 aromatic heterocycles. The van der Waals surface area contributed by atoms with Crippen molar-refractivity contribution in [3.63, 3.8) is 0 Å². The van der Waals surface area contributed by atoms with Crippen LogP contribution in [0.2, 0.25) is 0 Å². The van der Waals surface area contributed by atoms with Crippen molar-refractivity contribution < 1.29 is 18.8 Å². The molecule has 1 aliphatic heterocycles. The maximum atomic E-state index is 11.7. The number of carbonyl (C=O) groups excluding carboxylic acids is 1. The van der Waals surface area contributed by atoms with Gasteiger partial charge in [-0.3, -0.25) is 4.79 Å². The molecule has 1 aliphatic rings. The molecule has 1 N–H and O–H groups in total. The summed E-state index contributed by atoms with van der Waals surface area (Å²) < 4.78 is 15.4. The van der Waals surface area contributed by atoms with Crippen LogP contribution in [0.4, 0.5) is 0 Å². The van der Waals surface area contributed by atoms with Crippen LogP contribution in [0.25, 0.3) is 0 Å². The number of nitrogens with one attached hydrogen (secondary N) is 1. The molecular weight excluding hydrogens is 260 g/mol. The van der Waals surface area contributed by atoms with Gasteiger partial charge in [0.1, 0.15) is 0 Å². The van der Waals surface area contributed by atoms with Gasteiger partial charge in [0.15, 0.2) is 11.5 Å². The topological polar surface area (TPSA) is 73.6 Å². The number of aryl methyl sites for hydroxylation is 1. The first kappa shape index (κ1) is 12.5. The summed E-state index contributed by atoms with van der Waals surface area (Å²) in [6, 6.07) is 7.36. The van der Waals surface area contributed by atoms with Crippen LogP contribution in [0.15, 0.2) is 28.8 Å². The van der Waals surface area contributed by atoms with Gasteiger partial charge in [0.05, 0.1) is 5.69 Å². The first-order chi connectivity index (χ1) is 9.72. The van der Waals surface area contributed by atoms with Crippen LogP contribution in [0, 0.1) is 6.92 Å². The van der Waals surface area contributed by atoms with Gasteiger partial charge in [0, 0.05) is 12.6 Å². The Morgan fingerprint density at radius 3 is 2.95 bits per heavy atom. The van der Waals surface area contributed by atoms with Gasteiger partial charge in [-0.05, 0) is 31.0 Å². The highest BCUT2D eigenvalue weighted by Crippen LogP contribution is 2.32. The van der Waals surface area contributed by atoms with E-state index in [0.29, 0.717) is 18.7 Å². The summed E-state index contributed by atoms with van der Waals surface area (Å²) in [4.78, 5) is 11.7. The maximum absolute atomic E-state index is 11.7. The van der Waals surface area contributed by atoms with Gasteiger partial charge in [0.25, 0.3) is 5.91 Å². The number of carbonyl (C=O) groups is 1. The Kier molecular flexibility index (Phi) is 3.28. The van der Waals surface area contributed by atoms with Crippen LogP contribution >= 0.6 is 0 Å². The van der Waals surface area contributed by atoms with Crippen LogP contribution in [-0.2, 0) is 6.42 Å². The number of amides is 1. The van der Waals surface area contributed by atoms with E-state index in [2.05, 4.69) is 10.5 Å². The summed E-state index contributed by atoms with van der Waals surface area (Å²) >= 11 is 0. The number of fused-ring (bicyclic) bond motifs is 1. The van der Waals surface area contributed by atoms with E-state index in [1.54, 1.807) is 13.0 Å². The highest BCUT2D eigenvalue weighted by molar-refractivity contribution is 5.91. The van der Waals surface area contributed by atoms with Gasteiger partial charge in [-0.15, -0.1) is 0 Å².